The zero-order chi connectivity index (χ0) is 22.8. The van der Waals surface area contributed by atoms with E-state index in [1.54, 1.807) is 12.4 Å². The minimum absolute atomic E-state index is 0.118. The lowest BCUT2D eigenvalue weighted by molar-refractivity contribution is 0.130. The van der Waals surface area contributed by atoms with Crippen LogP contribution >= 0.6 is 11.6 Å². The van der Waals surface area contributed by atoms with Crippen molar-refractivity contribution < 1.29 is 9.90 Å². The number of anilines is 1. The molecule has 0 radical (unpaired) electrons. The molecule has 3 N–H and O–H groups in total. The van der Waals surface area contributed by atoms with Crippen LogP contribution in [0.5, 0.6) is 0 Å². The number of carbonyl (C=O) groups is 1. The van der Waals surface area contributed by atoms with Gasteiger partial charge in [0, 0.05) is 54.6 Å². The molecule has 33 heavy (non-hydrogen) atoms. The highest BCUT2D eigenvalue weighted by molar-refractivity contribution is 6.33. The highest BCUT2D eigenvalue weighted by Gasteiger charge is 2.26. The van der Waals surface area contributed by atoms with Crippen molar-refractivity contribution in [3.63, 3.8) is 0 Å². The van der Waals surface area contributed by atoms with E-state index in [4.69, 9.17) is 11.6 Å². The fraction of sp³-hybridized carbons (Fsp3) is 0.240. The van der Waals surface area contributed by atoms with Gasteiger partial charge in [-0.25, -0.2) is 14.8 Å². The Kier molecular flexibility index (Phi) is 5.88. The lowest BCUT2D eigenvalue weighted by atomic mass is 9.94. The van der Waals surface area contributed by atoms with Gasteiger partial charge in [-0.15, -0.1) is 0 Å². The summed E-state index contributed by atoms with van der Waals surface area (Å²) in [6.07, 6.45) is 4.34. The predicted molar refractivity (Wildman–Crippen MR) is 130 cm³/mol. The molecule has 5 rings (SSSR count). The van der Waals surface area contributed by atoms with Crippen LogP contribution in [0.1, 0.15) is 30.0 Å². The van der Waals surface area contributed by atoms with E-state index in [1.165, 1.54) is 10.5 Å². The van der Waals surface area contributed by atoms with Gasteiger partial charge in [0.1, 0.15) is 11.5 Å². The third kappa shape index (κ3) is 4.50. The molecule has 1 aliphatic heterocycles. The van der Waals surface area contributed by atoms with Crippen LogP contribution in [0, 0.1) is 0 Å². The number of likely N-dealkylation sites (tertiary alicyclic amines) is 1. The summed E-state index contributed by atoms with van der Waals surface area (Å²) in [5.74, 6) is 0.858. The number of aromatic amines is 1. The van der Waals surface area contributed by atoms with Gasteiger partial charge in [-0.2, -0.15) is 0 Å². The lowest BCUT2D eigenvalue weighted by Crippen LogP contribution is -2.38. The van der Waals surface area contributed by atoms with Gasteiger partial charge >= 0.3 is 6.09 Å². The Labute approximate surface area is 196 Å². The summed E-state index contributed by atoms with van der Waals surface area (Å²) in [4.78, 5) is 25.3. The Morgan fingerprint density at radius 2 is 2.03 bits per heavy atom. The first kappa shape index (κ1) is 21.3. The van der Waals surface area contributed by atoms with Crippen LogP contribution in [-0.2, 0) is 6.54 Å². The summed E-state index contributed by atoms with van der Waals surface area (Å²) in [5, 5.41) is 14.3. The SMILES string of the molecule is O=C(O)N1CCCC(c2cc3c(-c4cc(NCc5ccccc5)ncc4Cl)ccnc3[nH]2)C1. The van der Waals surface area contributed by atoms with E-state index < -0.39 is 6.09 Å². The number of aromatic nitrogens is 3. The maximum absolute atomic E-state index is 11.4. The zero-order valence-corrected chi connectivity index (χ0v) is 18.7. The molecule has 1 aliphatic rings. The summed E-state index contributed by atoms with van der Waals surface area (Å²) in [6, 6.07) is 16.1. The number of benzene rings is 1. The van der Waals surface area contributed by atoms with E-state index in [-0.39, 0.29) is 5.92 Å². The van der Waals surface area contributed by atoms with Crippen LogP contribution in [0.4, 0.5) is 10.6 Å². The maximum Gasteiger partial charge on any atom is 0.407 e. The normalized spacial score (nSPS) is 16.2. The van der Waals surface area contributed by atoms with E-state index in [9.17, 15) is 9.90 Å². The second kappa shape index (κ2) is 9.11. The summed E-state index contributed by atoms with van der Waals surface area (Å²) in [5.41, 5.74) is 4.77. The highest BCUT2D eigenvalue weighted by atomic mass is 35.5. The van der Waals surface area contributed by atoms with Gasteiger partial charge in [0.15, 0.2) is 0 Å². The number of amides is 1. The molecule has 1 saturated heterocycles. The molecular formula is C25H24ClN5O2. The van der Waals surface area contributed by atoms with Crippen molar-refractivity contribution >= 4 is 34.5 Å². The third-order valence-corrected chi connectivity index (χ3v) is 6.45. The maximum atomic E-state index is 11.4. The molecule has 8 heteroatoms. The monoisotopic (exact) mass is 461 g/mol. The molecule has 1 fully saturated rings. The second-order valence-electron chi connectivity index (χ2n) is 8.30. The van der Waals surface area contributed by atoms with Gasteiger partial charge in [0.2, 0.25) is 0 Å². The molecule has 1 unspecified atom stereocenters. The predicted octanol–water partition coefficient (Wildman–Crippen LogP) is 5.75. The highest BCUT2D eigenvalue weighted by Crippen LogP contribution is 2.36. The summed E-state index contributed by atoms with van der Waals surface area (Å²) < 4.78 is 0. The summed E-state index contributed by atoms with van der Waals surface area (Å²) >= 11 is 6.56. The number of H-pyrrole nitrogens is 1. The van der Waals surface area contributed by atoms with Crippen molar-refractivity contribution in [3.8, 4) is 11.1 Å². The number of halogens is 1. The van der Waals surface area contributed by atoms with Crippen LogP contribution in [0.3, 0.4) is 0 Å². The van der Waals surface area contributed by atoms with E-state index in [0.29, 0.717) is 24.7 Å². The third-order valence-electron chi connectivity index (χ3n) is 6.15. The zero-order valence-electron chi connectivity index (χ0n) is 18.0. The van der Waals surface area contributed by atoms with Crippen molar-refractivity contribution in [3.05, 3.63) is 77.2 Å². The van der Waals surface area contributed by atoms with Crippen molar-refractivity contribution in [2.24, 2.45) is 0 Å². The standard InChI is InChI=1S/C25H24ClN5O2/c26-21-14-29-23(28-13-16-5-2-1-3-6-16)12-19(21)18-8-9-27-24-20(18)11-22(30-24)17-7-4-10-31(15-17)25(32)33/h1-3,5-6,8-9,11-12,14,17H,4,7,10,13,15H2,(H,27,30)(H,28,29)(H,32,33). The van der Waals surface area contributed by atoms with Gasteiger partial charge in [0.25, 0.3) is 0 Å². The molecule has 0 bridgehead atoms. The quantitative estimate of drug-likeness (QED) is 0.352. The topological polar surface area (TPSA) is 94.1 Å². The minimum atomic E-state index is -0.867. The molecule has 1 aromatic carbocycles. The first-order valence-corrected chi connectivity index (χ1v) is 11.4. The lowest BCUT2D eigenvalue weighted by Gasteiger charge is -2.30. The van der Waals surface area contributed by atoms with Crippen molar-refractivity contribution in [2.45, 2.75) is 25.3 Å². The van der Waals surface area contributed by atoms with Crippen molar-refractivity contribution in [1.82, 2.24) is 19.9 Å². The molecule has 1 amide bonds. The van der Waals surface area contributed by atoms with Crippen molar-refractivity contribution in [2.75, 3.05) is 18.4 Å². The molecule has 4 aromatic rings. The molecule has 1 atom stereocenters. The van der Waals surface area contributed by atoms with Crippen LogP contribution < -0.4 is 5.32 Å². The molecule has 3 aromatic heterocycles. The first-order chi connectivity index (χ1) is 16.1. The Balaban J connectivity index is 1.45. The van der Waals surface area contributed by atoms with Crippen LogP contribution in [0.25, 0.3) is 22.2 Å². The van der Waals surface area contributed by atoms with Crippen LogP contribution in [-0.4, -0.2) is 44.1 Å². The number of hydrogen-bond acceptors (Lipinski definition) is 4. The van der Waals surface area contributed by atoms with Gasteiger partial charge in [0.05, 0.1) is 5.02 Å². The second-order valence-corrected chi connectivity index (χ2v) is 8.71. The number of nitrogens with zero attached hydrogens (tertiary/aromatic N) is 3. The van der Waals surface area contributed by atoms with Gasteiger partial charge in [-0.1, -0.05) is 41.9 Å². The number of piperidine rings is 1. The summed E-state index contributed by atoms with van der Waals surface area (Å²) in [6.45, 7) is 1.73. The largest absolute Gasteiger partial charge is 0.465 e. The smallest absolute Gasteiger partial charge is 0.407 e. The minimum Gasteiger partial charge on any atom is -0.465 e. The Bertz CT molecular complexity index is 1290. The molecule has 0 aliphatic carbocycles. The van der Waals surface area contributed by atoms with Crippen LogP contribution in [0.15, 0.2) is 60.9 Å². The molecule has 4 heterocycles. The van der Waals surface area contributed by atoms with Crippen molar-refractivity contribution in [1.29, 1.82) is 0 Å². The fourth-order valence-corrected chi connectivity index (χ4v) is 4.64. The number of carboxylic acid groups (broad SMARTS) is 1. The van der Waals surface area contributed by atoms with E-state index in [0.717, 1.165) is 46.5 Å². The molecule has 0 saturated carbocycles. The van der Waals surface area contributed by atoms with Gasteiger partial charge in [-0.05, 0) is 42.2 Å². The van der Waals surface area contributed by atoms with E-state index in [2.05, 4.69) is 38.5 Å². The molecule has 0 spiro atoms. The molecule has 7 nitrogen and oxygen atoms in total. The molecule has 168 valence electrons. The summed E-state index contributed by atoms with van der Waals surface area (Å²) in [7, 11) is 0. The number of pyridine rings is 2. The molecular weight excluding hydrogens is 438 g/mol. The first-order valence-electron chi connectivity index (χ1n) is 11.0. The van der Waals surface area contributed by atoms with Gasteiger partial charge in [-0.3, -0.25) is 0 Å². The number of nitrogens with one attached hydrogen (secondary N) is 2. The number of fused-ring (bicyclic) bond motifs is 1. The van der Waals surface area contributed by atoms with E-state index in [1.807, 2.05) is 30.3 Å². The Hall–Kier alpha value is -3.58. The Morgan fingerprint density at radius 1 is 1.18 bits per heavy atom. The van der Waals surface area contributed by atoms with Gasteiger partial charge < -0.3 is 20.3 Å². The number of hydrogen-bond donors (Lipinski definition) is 3. The Morgan fingerprint density at radius 3 is 2.85 bits per heavy atom. The fourth-order valence-electron chi connectivity index (χ4n) is 4.44. The van der Waals surface area contributed by atoms with Crippen LogP contribution in [0.2, 0.25) is 5.02 Å². The average molecular weight is 462 g/mol. The average Bonchev–Trinajstić information content (AvgIpc) is 3.29. The number of rotatable bonds is 5. The van der Waals surface area contributed by atoms with E-state index >= 15 is 0 Å².